The van der Waals surface area contributed by atoms with Gasteiger partial charge in [0.2, 0.25) is 0 Å². The summed E-state index contributed by atoms with van der Waals surface area (Å²) in [6.07, 6.45) is 3.02. The van der Waals surface area contributed by atoms with Gasteiger partial charge in [-0.25, -0.2) is 9.78 Å². The van der Waals surface area contributed by atoms with Crippen molar-refractivity contribution < 1.29 is 14.7 Å². The predicted octanol–water partition coefficient (Wildman–Crippen LogP) is -0.316. The molecule has 2 amide bonds. The first-order valence-electron chi connectivity index (χ1n) is 4.39. The molecule has 15 heavy (non-hydrogen) atoms. The summed E-state index contributed by atoms with van der Waals surface area (Å²) in [5, 5.41) is 13.3. The van der Waals surface area contributed by atoms with Gasteiger partial charge in [0, 0.05) is 12.7 Å². The zero-order valence-electron chi connectivity index (χ0n) is 7.99. The number of nitrogens with one attached hydrogen (secondary N) is 3. The number of hydrogen-bond donors (Lipinski definition) is 4. The van der Waals surface area contributed by atoms with E-state index in [0.29, 0.717) is 6.54 Å². The number of aromatic amines is 1. The largest absolute Gasteiger partial charge is 0.481 e. The molecule has 0 aromatic carbocycles. The SMILES string of the molecule is O=C(O)CCNC(=O)NCc1cnc[nH]1. The van der Waals surface area contributed by atoms with Crippen molar-refractivity contribution in [3.05, 3.63) is 18.2 Å². The highest BCUT2D eigenvalue weighted by molar-refractivity contribution is 5.74. The maximum Gasteiger partial charge on any atom is 0.315 e. The van der Waals surface area contributed by atoms with E-state index < -0.39 is 12.0 Å². The molecule has 4 N–H and O–H groups in total. The summed E-state index contributed by atoms with van der Waals surface area (Å²) in [6, 6.07) is -0.397. The molecule has 0 aliphatic carbocycles. The number of carboxylic acids is 1. The number of carboxylic acid groups (broad SMARTS) is 1. The average molecular weight is 212 g/mol. The van der Waals surface area contributed by atoms with Crippen molar-refractivity contribution in [1.82, 2.24) is 20.6 Å². The number of H-pyrrole nitrogens is 1. The van der Waals surface area contributed by atoms with Gasteiger partial charge < -0.3 is 20.7 Å². The summed E-state index contributed by atoms with van der Waals surface area (Å²) in [5.41, 5.74) is 0.781. The number of carbonyl (C=O) groups is 2. The van der Waals surface area contributed by atoms with Crippen LogP contribution in [0.15, 0.2) is 12.5 Å². The number of carbonyl (C=O) groups excluding carboxylic acids is 1. The van der Waals surface area contributed by atoms with Crippen LogP contribution in [0.3, 0.4) is 0 Å². The molecule has 0 unspecified atom stereocenters. The molecule has 0 saturated carbocycles. The monoisotopic (exact) mass is 212 g/mol. The maximum absolute atomic E-state index is 11.1. The van der Waals surface area contributed by atoms with Gasteiger partial charge in [-0.2, -0.15) is 0 Å². The van der Waals surface area contributed by atoms with Gasteiger partial charge in [0.05, 0.1) is 25.0 Å². The number of rotatable bonds is 5. The van der Waals surface area contributed by atoms with Crippen LogP contribution in [0.5, 0.6) is 0 Å². The van der Waals surface area contributed by atoms with Crippen LogP contribution in [0.1, 0.15) is 12.1 Å². The predicted molar refractivity (Wildman–Crippen MR) is 51.1 cm³/mol. The minimum Gasteiger partial charge on any atom is -0.481 e. The number of imidazole rings is 1. The lowest BCUT2D eigenvalue weighted by atomic mass is 10.4. The highest BCUT2D eigenvalue weighted by Crippen LogP contribution is 1.88. The van der Waals surface area contributed by atoms with Crippen LogP contribution >= 0.6 is 0 Å². The van der Waals surface area contributed by atoms with Crippen LogP contribution < -0.4 is 10.6 Å². The molecule has 0 bridgehead atoms. The molecule has 0 spiro atoms. The number of hydrogen-bond acceptors (Lipinski definition) is 3. The minimum atomic E-state index is -0.941. The second-order valence-electron chi connectivity index (χ2n) is 2.83. The van der Waals surface area contributed by atoms with E-state index in [0.717, 1.165) is 5.69 Å². The number of amides is 2. The van der Waals surface area contributed by atoms with Crippen LogP contribution in [0.4, 0.5) is 4.79 Å². The topological polar surface area (TPSA) is 107 Å². The van der Waals surface area contributed by atoms with E-state index in [2.05, 4.69) is 20.6 Å². The molecule has 7 heteroatoms. The number of aliphatic carboxylic acids is 1. The van der Waals surface area contributed by atoms with Gasteiger partial charge in [-0.3, -0.25) is 4.79 Å². The number of nitrogens with zero attached hydrogens (tertiary/aromatic N) is 1. The number of aromatic nitrogens is 2. The Morgan fingerprint density at radius 1 is 1.47 bits per heavy atom. The van der Waals surface area contributed by atoms with Crippen LogP contribution in [0.25, 0.3) is 0 Å². The molecular weight excluding hydrogens is 200 g/mol. The number of urea groups is 1. The van der Waals surface area contributed by atoms with Crippen LogP contribution in [0, 0.1) is 0 Å². The first kappa shape index (κ1) is 11.0. The lowest BCUT2D eigenvalue weighted by Gasteiger charge is -2.04. The zero-order valence-corrected chi connectivity index (χ0v) is 7.99. The molecule has 0 atom stereocenters. The van der Waals surface area contributed by atoms with Crippen molar-refractivity contribution in [2.45, 2.75) is 13.0 Å². The Labute approximate surface area is 85.9 Å². The van der Waals surface area contributed by atoms with Crippen molar-refractivity contribution >= 4 is 12.0 Å². The highest BCUT2D eigenvalue weighted by Gasteiger charge is 2.01. The van der Waals surface area contributed by atoms with E-state index in [1.165, 1.54) is 6.33 Å². The van der Waals surface area contributed by atoms with E-state index in [4.69, 9.17) is 5.11 Å². The Bertz CT molecular complexity index is 323. The second-order valence-corrected chi connectivity index (χ2v) is 2.83. The van der Waals surface area contributed by atoms with E-state index >= 15 is 0 Å². The van der Waals surface area contributed by atoms with Gasteiger partial charge in [0.15, 0.2) is 0 Å². The Morgan fingerprint density at radius 3 is 2.87 bits per heavy atom. The Morgan fingerprint density at radius 2 is 2.27 bits per heavy atom. The highest BCUT2D eigenvalue weighted by atomic mass is 16.4. The summed E-state index contributed by atoms with van der Waals surface area (Å²) in [4.78, 5) is 27.8. The normalized spacial score (nSPS) is 9.60. The third-order valence-corrected chi connectivity index (χ3v) is 1.62. The van der Waals surface area contributed by atoms with E-state index in [-0.39, 0.29) is 13.0 Å². The van der Waals surface area contributed by atoms with Crippen molar-refractivity contribution in [2.24, 2.45) is 0 Å². The summed E-state index contributed by atoms with van der Waals surface area (Å²) in [7, 11) is 0. The van der Waals surface area contributed by atoms with E-state index in [1.807, 2.05) is 0 Å². The van der Waals surface area contributed by atoms with Crippen LogP contribution in [0.2, 0.25) is 0 Å². The maximum atomic E-state index is 11.1. The molecular formula is C8H12N4O3. The molecule has 0 aliphatic rings. The Kier molecular flexibility index (Phi) is 4.14. The van der Waals surface area contributed by atoms with Crippen molar-refractivity contribution in [2.75, 3.05) is 6.54 Å². The van der Waals surface area contributed by atoms with Gasteiger partial charge >= 0.3 is 12.0 Å². The molecule has 0 saturated heterocycles. The average Bonchev–Trinajstić information content (AvgIpc) is 2.66. The molecule has 82 valence electrons. The first-order valence-corrected chi connectivity index (χ1v) is 4.39. The Hall–Kier alpha value is -2.05. The second kappa shape index (κ2) is 5.63. The molecule has 1 rings (SSSR count). The molecule has 0 aliphatic heterocycles. The lowest BCUT2D eigenvalue weighted by molar-refractivity contribution is -0.136. The summed E-state index contributed by atoms with van der Waals surface area (Å²) >= 11 is 0. The quantitative estimate of drug-likeness (QED) is 0.536. The smallest absolute Gasteiger partial charge is 0.315 e. The van der Waals surface area contributed by atoms with Gasteiger partial charge in [-0.15, -0.1) is 0 Å². The fraction of sp³-hybridized carbons (Fsp3) is 0.375. The van der Waals surface area contributed by atoms with Crippen molar-refractivity contribution in [1.29, 1.82) is 0 Å². The van der Waals surface area contributed by atoms with Crippen molar-refractivity contribution in [3.8, 4) is 0 Å². The molecule has 1 aromatic heterocycles. The Balaban J connectivity index is 2.11. The van der Waals surface area contributed by atoms with Gasteiger partial charge in [-0.1, -0.05) is 0 Å². The van der Waals surface area contributed by atoms with Crippen molar-refractivity contribution in [3.63, 3.8) is 0 Å². The van der Waals surface area contributed by atoms with E-state index in [9.17, 15) is 9.59 Å². The molecule has 7 nitrogen and oxygen atoms in total. The summed E-state index contributed by atoms with van der Waals surface area (Å²) in [6.45, 7) is 0.447. The summed E-state index contributed by atoms with van der Waals surface area (Å²) < 4.78 is 0. The standard InChI is InChI=1S/C8H12N4O3/c13-7(14)1-2-10-8(15)11-4-6-3-9-5-12-6/h3,5H,1-2,4H2,(H,9,12)(H,13,14)(H2,10,11,15). The van der Waals surface area contributed by atoms with E-state index in [1.54, 1.807) is 6.20 Å². The lowest BCUT2D eigenvalue weighted by Crippen LogP contribution is -2.36. The van der Waals surface area contributed by atoms with Crippen LogP contribution in [-0.2, 0) is 11.3 Å². The molecule has 1 aromatic rings. The molecule has 0 radical (unpaired) electrons. The summed E-state index contributed by atoms with van der Waals surface area (Å²) in [5.74, 6) is -0.941. The fourth-order valence-electron chi connectivity index (χ4n) is 0.902. The zero-order chi connectivity index (χ0) is 11.1. The van der Waals surface area contributed by atoms with Crippen LogP contribution in [-0.4, -0.2) is 33.6 Å². The first-order chi connectivity index (χ1) is 7.18. The third kappa shape index (κ3) is 4.65. The van der Waals surface area contributed by atoms with Gasteiger partial charge in [0.25, 0.3) is 0 Å². The third-order valence-electron chi connectivity index (χ3n) is 1.62. The molecule has 0 fully saturated rings. The molecule has 1 heterocycles. The van der Waals surface area contributed by atoms with Gasteiger partial charge in [0.1, 0.15) is 0 Å². The van der Waals surface area contributed by atoms with Gasteiger partial charge in [-0.05, 0) is 0 Å². The minimum absolute atomic E-state index is 0.0858. The fourth-order valence-corrected chi connectivity index (χ4v) is 0.902.